The van der Waals surface area contributed by atoms with Gasteiger partial charge in [0, 0.05) is 18.2 Å². The van der Waals surface area contributed by atoms with Crippen LogP contribution < -0.4 is 11.1 Å². The predicted octanol–water partition coefficient (Wildman–Crippen LogP) is 1.66. The van der Waals surface area contributed by atoms with Crippen LogP contribution in [0.2, 0.25) is 0 Å². The summed E-state index contributed by atoms with van der Waals surface area (Å²) in [6, 6.07) is 2.65. The molecule has 3 nitrogen and oxygen atoms in total. The third kappa shape index (κ3) is 4.62. The van der Waals surface area contributed by atoms with E-state index in [0.717, 1.165) is 17.9 Å². The van der Waals surface area contributed by atoms with Crippen molar-refractivity contribution in [2.45, 2.75) is 19.0 Å². The number of hydrogen-bond acceptors (Lipinski definition) is 3. The van der Waals surface area contributed by atoms with Gasteiger partial charge in [-0.25, -0.2) is 8.78 Å². The largest absolute Gasteiger partial charge is 0.351 e. The molecule has 0 heterocycles. The molecule has 0 spiro atoms. The first-order valence-corrected chi connectivity index (χ1v) is 6.90. The topological polar surface area (TPSA) is 55.1 Å². The molecule has 1 atom stereocenters. The standard InChI is InChI=1S/C12H16F2N2OS/c1-18-5-4-11(15)12(17)16-7-8-2-3-9(13)6-10(8)14/h2-3,6,11H,4-5,7,15H2,1H3,(H,16,17)/t11-/m1/s1. The quantitative estimate of drug-likeness (QED) is 0.829. The predicted molar refractivity (Wildman–Crippen MR) is 69.2 cm³/mol. The average molecular weight is 274 g/mol. The number of thioether (sulfide) groups is 1. The van der Waals surface area contributed by atoms with E-state index in [-0.39, 0.29) is 18.0 Å². The van der Waals surface area contributed by atoms with Crippen molar-refractivity contribution in [2.75, 3.05) is 12.0 Å². The van der Waals surface area contributed by atoms with Crippen molar-refractivity contribution in [3.63, 3.8) is 0 Å². The van der Waals surface area contributed by atoms with E-state index in [1.807, 2.05) is 6.26 Å². The Kier molecular flexibility index (Phi) is 6.07. The van der Waals surface area contributed by atoms with E-state index in [1.165, 1.54) is 6.07 Å². The van der Waals surface area contributed by atoms with Gasteiger partial charge in [-0.1, -0.05) is 6.07 Å². The van der Waals surface area contributed by atoms with Crippen LogP contribution in [0, 0.1) is 11.6 Å². The van der Waals surface area contributed by atoms with Gasteiger partial charge in [-0.05, 0) is 24.5 Å². The number of amides is 1. The third-order valence-electron chi connectivity index (χ3n) is 2.44. The fourth-order valence-electron chi connectivity index (χ4n) is 1.35. The zero-order valence-electron chi connectivity index (χ0n) is 10.1. The van der Waals surface area contributed by atoms with Crippen LogP contribution in [0.4, 0.5) is 8.78 Å². The van der Waals surface area contributed by atoms with Crippen LogP contribution in [0.1, 0.15) is 12.0 Å². The second-order valence-corrected chi connectivity index (χ2v) is 4.83. The zero-order chi connectivity index (χ0) is 13.5. The molecule has 0 saturated carbocycles. The SMILES string of the molecule is CSCC[C@@H](N)C(=O)NCc1ccc(F)cc1F. The van der Waals surface area contributed by atoms with Gasteiger partial charge in [0.15, 0.2) is 0 Å². The van der Waals surface area contributed by atoms with Gasteiger partial charge in [0.1, 0.15) is 11.6 Å². The number of nitrogens with two attached hydrogens (primary N) is 1. The Hall–Kier alpha value is -1.14. The molecule has 100 valence electrons. The number of carbonyl (C=O) groups is 1. The lowest BCUT2D eigenvalue weighted by atomic mass is 10.2. The second-order valence-electron chi connectivity index (χ2n) is 3.84. The molecule has 1 rings (SSSR count). The maximum atomic E-state index is 13.3. The molecule has 0 bridgehead atoms. The van der Waals surface area contributed by atoms with Gasteiger partial charge in [0.05, 0.1) is 6.04 Å². The molecule has 0 aliphatic carbocycles. The molecule has 1 aromatic rings. The molecule has 1 amide bonds. The Balaban J connectivity index is 2.47. The molecular formula is C12H16F2N2OS. The van der Waals surface area contributed by atoms with Crippen LogP contribution in [0.5, 0.6) is 0 Å². The Morgan fingerprint density at radius 3 is 2.83 bits per heavy atom. The first kappa shape index (κ1) is 14.9. The Morgan fingerprint density at radius 2 is 2.22 bits per heavy atom. The van der Waals surface area contributed by atoms with Crippen molar-refractivity contribution >= 4 is 17.7 Å². The molecule has 0 radical (unpaired) electrons. The number of halogens is 2. The maximum Gasteiger partial charge on any atom is 0.237 e. The van der Waals surface area contributed by atoms with Crippen LogP contribution in [-0.2, 0) is 11.3 Å². The molecule has 18 heavy (non-hydrogen) atoms. The second kappa shape index (κ2) is 7.33. The van der Waals surface area contributed by atoms with Crippen molar-refractivity contribution in [3.8, 4) is 0 Å². The molecule has 0 aromatic heterocycles. The van der Waals surface area contributed by atoms with Crippen molar-refractivity contribution < 1.29 is 13.6 Å². The minimum absolute atomic E-state index is 0.0118. The molecule has 3 N–H and O–H groups in total. The number of carbonyl (C=O) groups excluding carboxylic acids is 1. The summed E-state index contributed by atoms with van der Waals surface area (Å²) >= 11 is 1.60. The molecule has 1 aromatic carbocycles. The van der Waals surface area contributed by atoms with E-state index >= 15 is 0 Å². The summed E-state index contributed by atoms with van der Waals surface area (Å²) in [4.78, 5) is 11.6. The van der Waals surface area contributed by atoms with Gasteiger partial charge in [0.2, 0.25) is 5.91 Å². The monoisotopic (exact) mass is 274 g/mol. The summed E-state index contributed by atoms with van der Waals surface area (Å²) in [6.45, 7) is 0.0118. The van der Waals surface area contributed by atoms with Crippen LogP contribution in [0.15, 0.2) is 18.2 Å². The summed E-state index contributed by atoms with van der Waals surface area (Å²) in [5.41, 5.74) is 5.89. The Morgan fingerprint density at radius 1 is 1.50 bits per heavy atom. The van der Waals surface area contributed by atoms with E-state index < -0.39 is 17.7 Å². The number of benzene rings is 1. The third-order valence-corrected chi connectivity index (χ3v) is 3.08. The van der Waals surface area contributed by atoms with Crippen molar-refractivity contribution in [2.24, 2.45) is 5.73 Å². The summed E-state index contributed by atoms with van der Waals surface area (Å²) in [6.07, 6.45) is 2.50. The molecule has 0 unspecified atom stereocenters. The molecule has 0 fully saturated rings. The summed E-state index contributed by atoms with van der Waals surface area (Å²) in [7, 11) is 0. The lowest BCUT2D eigenvalue weighted by molar-refractivity contribution is -0.122. The van der Waals surface area contributed by atoms with Gasteiger partial charge in [-0.2, -0.15) is 11.8 Å². The summed E-state index contributed by atoms with van der Waals surface area (Å²) in [5, 5.41) is 2.53. The number of hydrogen-bond donors (Lipinski definition) is 2. The normalized spacial score (nSPS) is 12.2. The molecule has 0 aliphatic rings. The van der Waals surface area contributed by atoms with Crippen LogP contribution >= 0.6 is 11.8 Å². The van der Waals surface area contributed by atoms with E-state index in [9.17, 15) is 13.6 Å². The fraction of sp³-hybridized carbons (Fsp3) is 0.417. The van der Waals surface area contributed by atoms with Crippen LogP contribution in [0.3, 0.4) is 0 Å². The smallest absolute Gasteiger partial charge is 0.237 e. The van der Waals surface area contributed by atoms with E-state index in [2.05, 4.69) is 5.32 Å². The molecular weight excluding hydrogens is 258 g/mol. The first-order valence-electron chi connectivity index (χ1n) is 5.50. The Labute approximate surface area is 109 Å². The minimum Gasteiger partial charge on any atom is -0.351 e. The van der Waals surface area contributed by atoms with Crippen molar-refractivity contribution in [1.29, 1.82) is 0 Å². The van der Waals surface area contributed by atoms with Crippen molar-refractivity contribution in [3.05, 3.63) is 35.4 Å². The highest BCUT2D eigenvalue weighted by Crippen LogP contribution is 2.09. The highest BCUT2D eigenvalue weighted by molar-refractivity contribution is 7.98. The highest BCUT2D eigenvalue weighted by atomic mass is 32.2. The Bertz CT molecular complexity index is 415. The highest BCUT2D eigenvalue weighted by Gasteiger charge is 2.13. The van der Waals surface area contributed by atoms with Crippen LogP contribution in [0.25, 0.3) is 0 Å². The van der Waals surface area contributed by atoms with E-state index in [0.29, 0.717) is 6.42 Å². The number of nitrogens with one attached hydrogen (secondary N) is 1. The lowest BCUT2D eigenvalue weighted by Crippen LogP contribution is -2.40. The summed E-state index contributed by atoms with van der Waals surface area (Å²) in [5.74, 6) is -0.848. The molecule has 0 aliphatic heterocycles. The van der Waals surface area contributed by atoms with Gasteiger partial charge >= 0.3 is 0 Å². The van der Waals surface area contributed by atoms with Gasteiger partial charge < -0.3 is 11.1 Å². The maximum absolute atomic E-state index is 13.3. The van der Waals surface area contributed by atoms with Gasteiger partial charge in [-0.3, -0.25) is 4.79 Å². The first-order chi connectivity index (χ1) is 8.54. The average Bonchev–Trinajstić information content (AvgIpc) is 2.34. The number of rotatable bonds is 6. The molecule has 0 saturated heterocycles. The van der Waals surface area contributed by atoms with Gasteiger partial charge in [0.25, 0.3) is 0 Å². The van der Waals surface area contributed by atoms with Crippen molar-refractivity contribution in [1.82, 2.24) is 5.32 Å². The zero-order valence-corrected chi connectivity index (χ0v) is 10.9. The fourth-order valence-corrected chi connectivity index (χ4v) is 1.84. The van der Waals surface area contributed by atoms with E-state index in [1.54, 1.807) is 11.8 Å². The van der Waals surface area contributed by atoms with Gasteiger partial charge in [-0.15, -0.1) is 0 Å². The molecule has 6 heteroatoms. The van der Waals surface area contributed by atoms with Crippen LogP contribution in [-0.4, -0.2) is 24.0 Å². The lowest BCUT2D eigenvalue weighted by Gasteiger charge is -2.12. The van der Waals surface area contributed by atoms with E-state index in [4.69, 9.17) is 5.73 Å². The minimum atomic E-state index is -0.673. The summed E-state index contributed by atoms with van der Waals surface area (Å²) < 4.78 is 25.9.